The van der Waals surface area contributed by atoms with Gasteiger partial charge in [-0.1, -0.05) is 11.6 Å². The molecule has 0 saturated heterocycles. The number of nitrogens with two attached hydrogens (primary N) is 1. The van der Waals surface area contributed by atoms with Crippen molar-refractivity contribution < 1.29 is 18.7 Å². The lowest BCUT2D eigenvalue weighted by Gasteiger charge is -2.09. The average Bonchev–Trinajstić information content (AvgIpc) is 2.26. The molecule has 0 saturated carbocycles. The van der Waals surface area contributed by atoms with E-state index in [1.807, 2.05) is 6.07 Å². The molecule has 1 rings (SSSR count). The lowest BCUT2D eigenvalue weighted by Crippen LogP contribution is -2.76. The van der Waals surface area contributed by atoms with Gasteiger partial charge in [-0.25, -0.2) is 13.3 Å². The average molecular weight is 294 g/mol. The van der Waals surface area contributed by atoms with Crippen LogP contribution in [0.15, 0.2) is 18.2 Å². The summed E-state index contributed by atoms with van der Waals surface area (Å²) in [4.78, 5) is 4.96. The van der Waals surface area contributed by atoms with Crippen molar-refractivity contribution >= 4 is 32.8 Å². The summed E-state index contributed by atoms with van der Waals surface area (Å²) in [6.07, 6.45) is 1.80. The second-order valence-electron chi connectivity index (χ2n) is 4.00. The summed E-state index contributed by atoms with van der Waals surface area (Å²) in [6.45, 7) is 0.583. The molecule has 0 unspecified atom stereocenters. The van der Waals surface area contributed by atoms with Gasteiger partial charge in [-0.3, -0.25) is 0 Å². The van der Waals surface area contributed by atoms with Crippen molar-refractivity contribution in [3.8, 4) is 0 Å². The van der Waals surface area contributed by atoms with Crippen LogP contribution >= 0.6 is 11.6 Å². The van der Waals surface area contributed by atoms with Crippen LogP contribution in [-0.4, -0.2) is 34.1 Å². The molecule has 0 spiro atoms. The first kappa shape index (κ1) is 15.2. The smallest absolute Gasteiger partial charge is 0.186 e. The largest absolute Gasteiger partial charge is 0.380 e. The third kappa shape index (κ3) is 5.68. The second-order valence-corrected chi connectivity index (χ2v) is 6.69. The topological polar surface area (TPSA) is 72.0 Å². The van der Waals surface area contributed by atoms with Crippen molar-refractivity contribution in [1.29, 1.82) is 0 Å². The van der Waals surface area contributed by atoms with E-state index in [1.165, 1.54) is 6.26 Å². The molecule has 0 atom stereocenters. The van der Waals surface area contributed by atoms with E-state index in [1.54, 1.807) is 24.7 Å². The Morgan fingerprint density at radius 2 is 2.17 bits per heavy atom. The molecule has 5 nitrogen and oxygen atoms in total. The Morgan fingerprint density at radius 1 is 1.44 bits per heavy atom. The molecular weight excluding hydrogens is 276 g/mol. The third-order valence-corrected chi connectivity index (χ3v) is 3.53. The van der Waals surface area contributed by atoms with Crippen LogP contribution in [0, 0.1) is 0 Å². The number of sulfone groups is 1. The minimum absolute atomic E-state index is 0.177. The first-order chi connectivity index (χ1) is 8.42. The van der Waals surface area contributed by atoms with Crippen molar-refractivity contribution in [3.63, 3.8) is 0 Å². The second kappa shape index (κ2) is 6.94. The first-order valence-electron chi connectivity index (χ1n) is 5.49. The van der Waals surface area contributed by atoms with Crippen LogP contribution in [0.4, 0.5) is 11.4 Å². The minimum atomic E-state index is -2.90. The number of halogens is 1. The van der Waals surface area contributed by atoms with Crippen molar-refractivity contribution in [2.24, 2.45) is 0 Å². The summed E-state index contributed by atoms with van der Waals surface area (Å²) in [7, 11) is -1.34. The van der Waals surface area contributed by atoms with Gasteiger partial charge in [0.05, 0.1) is 18.6 Å². The fourth-order valence-corrected chi connectivity index (χ4v) is 2.33. The number of rotatable bonds is 7. The number of nitrogens with one attached hydrogen (secondary N) is 1. The summed E-state index contributed by atoms with van der Waals surface area (Å²) in [5.41, 5.74) is 3.30. The number of anilines is 1. The van der Waals surface area contributed by atoms with Gasteiger partial charge in [0.25, 0.3) is 0 Å². The SMILES string of the molecule is CO[NH2+]c1cc(Cl)ccc1NCCCS(C)(=O)=O. The van der Waals surface area contributed by atoms with E-state index in [4.69, 9.17) is 16.4 Å². The molecule has 0 amide bonds. The van der Waals surface area contributed by atoms with Crippen LogP contribution in [-0.2, 0) is 14.7 Å². The Hall–Kier alpha value is -0.820. The molecule has 0 aliphatic carbocycles. The highest BCUT2D eigenvalue weighted by Crippen LogP contribution is 2.21. The highest BCUT2D eigenvalue weighted by Gasteiger charge is 2.08. The van der Waals surface area contributed by atoms with Crippen molar-refractivity contribution in [1.82, 2.24) is 0 Å². The maximum Gasteiger partial charge on any atom is 0.186 e. The Balaban J connectivity index is 2.56. The van der Waals surface area contributed by atoms with Gasteiger partial charge in [0.2, 0.25) is 0 Å². The summed E-state index contributed by atoms with van der Waals surface area (Å²) in [6, 6.07) is 5.39. The van der Waals surface area contributed by atoms with Gasteiger partial charge in [0.15, 0.2) is 5.69 Å². The van der Waals surface area contributed by atoms with E-state index in [9.17, 15) is 8.42 Å². The number of quaternary nitrogens is 1. The number of benzene rings is 1. The lowest BCUT2D eigenvalue weighted by molar-refractivity contribution is -0.829. The molecule has 0 bridgehead atoms. The zero-order valence-corrected chi connectivity index (χ0v) is 12.0. The predicted octanol–water partition coefficient (Wildman–Crippen LogP) is 0.943. The minimum Gasteiger partial charge on any atom is -0.380 e. The molecule has 0 heterocycles. The first-order valence-corrected chi connectivity index (χ1v) is 7.93. The van der Waals surface area contributed by atoms with Crippen LogP contribution in [0.1, 0.15) is 6.42 Å². The Bertz CT molecular complexity index is 491. The summed E-state index contributed by atoms with van der Waals surface area (Å²) < 4.78 is 22.0. The molecule has 0 aliphatic rings. The van der Waals surface area contributed by atoms with E-state index in [0.29, 0.717) is 18.0 Å². The normalized spacial score (nSPS) is 11.5. The maximum atomic E-state index is 11.0. The van der Waals surface area contributed by atoms with Gasteiger partial charge < -0.3 is 5.32 Å². The van der Waals surface area contributed by atoms with Crippen LogP contribution in [0.25, 0.3) is 0 Å². The molecule has 0 aromatic heterocycles. The zero-order chi connectivity index (χ0) is 13.6. The van der Waals surface area contributed by atoms with Gasteiger partial charge in [-0.15, -0.1) is 0 Å². The Morgan fingerprint density at radius 3 is 2.78 bits per heavy atom. The predicted molar refractivity (Wildman–Crippen MR) is 72.9 cm³/mol. The summed E-state index contributed by atoms with van der Waals surface area (Å²) >= 11 is 5.89. The molecule has 0 fully saturated rings. The van der Waals surface area contributed by atoms with Crippen molar-refractivity contribution in [3.05, 3.63) is 23.2 Å². The molecule has 7 heteroatoms. The fourth-order valence-electron chi connectivity index (χ4n) is 1.48. The number of hydrogen-bond donors (Lipinski definition) is 2. The lowest BCUT2D eigenvalue weighted by atomic mass is 10.2. The molecule has 18 heavy (non-hydrogen) atoms. The summed E-state index contributed by atoms with van der Waals surface area (Å²) in [5, 5.41) is 3.79. The quantitative estimate of drug-likeness (QED) is 0.446. The van der Waals surface area contributed by atoms with Crippen LogP contribution in [0.2, 0.25) is 5.02 Å². The van der Waals surface area contributed by atoms with E-state index in [2.05, 4.69) is 5.32 Å². The van der Waals surface area contributed by atoms with E-state index < -0.39 is 9.84 Å². The molecule has 0 radical (unpaired) electrons. The molecule has 0 aliphatic heterocycles. The van der Waals surface area contributed by atoms with Crippen LogP contribution < -0.4 is 10.8 Å². The van der Waals surface area contributed by atoms with Crippen LogP contribution in [0.3, 0.4) is 0 Å². The Kier molecular flexibility index (Phi) is 5.87. The van der Waals surface area contributed by atoms with Gasteiger partial charge in [0.1, 0.15) is 9.84 Å². The van der Waals surface area contributed by atoms with E-state index in [0.717, 1.165) is 11.4 Å². The van der Waals surface area contributed by atoms with Crippen molar-refractivity contribution in [2.75, 3.05) is 31.0 Å². The van der Waals surface area contributed by atoms with Gasteiger partial charge >= 0.3 is 0 Å². The third-order valence-electron chi connectivity index (χ3n) is 2.27. The van der Waals surface area contributed by atoms with Gasteiger partial charge in [-0.2, -0.15) is 5.48 Å². The maximum absolute atomic E-state index is 11.0. The van der Waals surface area contributed by atoms with E-state index in [-0.39, 0.29) is 5.75 Å². The summed E-state index contributed by atoms with van der Waals surface area (Å²) in [5.74, 6) is 0.177. The molecule has 102 valence electrons. The highest BCUT2D eigenvalue weighted by molar-refractivity contribution is 7.90. The number of hydrogen-bond acceptors (Lipinski definition) is 4. The molecular formula is C11H18ClN2O3S+. The van der Waals surface area contributed by atoms with Crippen LogP contribution in [0.5, 0.6) is 0 Å². The Labute approximate surface area is 112 Å². The van der Waals surface area contributed by atoms with Gasteiger partial charge in [-0.05, 0) is 18.6 Å². The van der Waals surface area contributed by atoms with Crippen molar-refractivity contribution in [2.45, 2.75) is 6.42 Å². The van der Waals surface area contributed by atoms with Gasteiger partial charge in [0, 0.05) is 23.9 Å². The monoisotopic (exact) mass is 293 g/mol. The fraction of sp³-hybridized carbons (Fsp3) is 0.455. The zero-order valence-electron chi connectivity index (χ0n) is 10.4. The van der Waals surface area contributed by atoms with E-state index >= 15 is 0 Å². The molecule has 1 aromatic carbocycles. The molecule has 1 aromatic rings. The standard InChI is InChI=1S/C11H17ClN2O3S/c1-17-14-11-8-9(12)4-5-10(11)13-6-3-7-18(2,15)16/h4-5,8,13-14H,3,6-7H2,1-2H3/p+1. The molecule has 3 N–H and O–H groups in total. The highest BCUT2D eigenvalue weighted by atomic mass is 35.5.